The number of nitrogens with zero attached hydrogens (tertiary/aromatic N) is 5. The van der Waals surface area contributed by atoms with Gasteiger partial charge in [0.2, 0.25) is 0 Å². The van der Waals surface area contributed by atoms with Gasteiger partial charge in [-0.25, -0.2) is 14.2 Å². The van der Waals surface area contributed by atoms with E-state index in [0.717, 1.165) is 53.3 Å². The van der Waals surface area contributed by atoms with Crippen molar-refractivity contribution in [3.63, 3.8) is 0 Å². The van der Waals surface area contributed by atoms with Crippen molar-refractivity contribution in [2.24, 2.45) is 0 Å². The summed E-state index contributed by atoms with van der Waals surface area (Å²) in [6.45, 7) is 0. The highest BCUT2D eigenvalue weighted by Gasteiger charge is 2.26. The molecule has 2 aromatic carbocycles. The quantitative estimate of drug-likeness (QED) is 0.470. The molecular formula is C25H20N6O. The third-order valence-electron chi connectivity index (χ3n) is 5.86. The summed E-state index contributed by atoms with van der Waals surface area (Å²) >= 11 is 0. The minimum absolute atomic E-state index is 0.246. The van der Waals surface area contributed by atoms with E-state index in [0.29, 0.717) is 11.2 Å². The van der Waals surface area contributed by atoms with Crippen LogP contribution < -0.4 is 5.32 Å². The zero-order valence-electron chi connectivity index (χ0n) is 17.3. The highest BCUT2D eigenvalue weighted by Crippen LogP contribution is 2.31. The van der Waals surface area contributed by atoms with Crippen molar-refractivity contribution < 1.29 is 4.79 Å². The van der Waals surface area contributed by atoms with Crippen molar-refractivity contribution in [3.05, 3.63) is 95.9 Å². The van der Waals surface area contributed by atoms with E-state index in [2.05, 4.69) is 15.4 Å². The number of hydrogen-bond acceptors (Lipinski definition) is 4. The first kappa shape index (κ1) is 18.5. The van der Waals surface area contributed by atoms with Crippen LogP contribution in [0, 0.1) is 0 Å². The summed E-state index contributed by atoms with van der Waals surface area (Å²) in [4.78, 5) is 17.8. The van der Waals surface area contributed by atoms with Crippen molar-refractivity contribution in [2.75, 3.05) is 5.32 Å². The van der Waals surface area contributed by atoms with Gasteiger partial charge in [-0.05, 0) is 37.5 Å². The second-order valence-corrected chi connectivity index (χ2v) is 7.82. The van der Waals surface area contributed by atoms with E-state index >= 15 is 0 Å². The van der Waals surface area contributed by atoms with E-state index in [-0.39, 0.29) is 5.91 Å². The zero-order chi connectivity index (χ0) is 21.5. The molecule has 6 rings (SSSR count). The third-order valence-corrected chi connectivity index (χ3v) is 5.86. The number of anilines is 1. The average Bonchev–Trinajstić information content (AvgIpc) is 3.56. The molecule has 0 unspecified atom stereocenters. The van der Waals surface area contributed by atoms with Gasteiger partial charge in [-0.2, -0.15) is 10.2 Å². The highest BCUT2D eigenvalue weighted by molar-refractivity contribution is 6.08. The van der Waals surface area contributed by atoms with Crippen LogP contribution in [0.4, 0.5) is 5.82 Å². The Morgan fingerprint density at radius 3 is 2.53 bits per heavy atom. The molecule has 1 aliphatic carbocycles. The molecule has 1 amide bonds. The number of hydrogen-bond donors (Lipinski definition) is 1. The van der Waals surface area contributed by atoms with Crippen molar-refractivity contribution >= 4 is 17.4 Å². The molecule has 5 aromatic rings. The summed E-state index contributed by atoms with van der Waals surface area (Å²) in [5.41, 5.74) is 5.91. The molecule has 0 bridgehead atoms. The number of carbonyl (C=O) groups is 1. The third kappa shape index (κ3) is 2.98. The minimum atomic E-state index is -0.246. The molecule has 0 radical (unpaired) electrons. The lowest BCUT2D eigenvalue weighted by atomic mass is 10.1. The first-order valence-corrected chi connectivity index (χ1v) is 10.7. The molecule has 1 aliphatic rings. The molecule has 156 valence electrons. The van der Waals surface area contributed by atoms with Crippen molar-refractivity contribution in [1.82, 2.24) is 24.4 Å². The molecule has 0 atom stereocenters. The number of para-hydroxylation sites is 1. The van der Waals surface area contributed by atoms with Crippen LogP contribution in [0.15, 0.2) is 79.1 Å². The summed E-state index contributed by atoms with van der Waals surface area (Å²) in [5, 5.41) is 12.4. The maximum Gasteiger partial charge on any atom is 0.262 e. The molecule has 0 spiro atoms. The van der Waals surface area contributed by atoms with Crippen molar-refractivity contribution in [1.29, 1.82) is 0 Å². The number of carbonyl (C=O) groups excluding carboxylic acids is 1. The largest absolute Gasteiger partial charge is 0.306 e. The van der Waals surface area contributed by atoms with Crippen LogP contribution in [0.25, 0.3) is 22.6 Å². The van der Waals surface area contributed by atoms with Gasteiger partial charge in [-0.3, -0.25) is 4.79 Å². The maximum absolute atomic E-state index is 13.4. The highest BCUT2D eigenvalue weighted by atomic mass is 16.1. The number of aromatic nitrogens is 5. The summed E-state index contributed by atoms with van der Waals surface area (Å²) in [7, 11) is 0. The van der Waals surface area contributed by atoms with Crippen LogP contribution in [0.3, 0.4) is 0 Å². The van der Waals surface area contributed by atoms with Gasteiger partial charge in [0.05, 0.1) is 23.3 Å². The molecule has 0 fully saturated rings. The van der Waals surface area contributed by atoms with Gasteiger partial charge in [-0.1, -0.05) is 48.5 Å². The Morgan fingerprint density at radius 2 is 1.72 bits per heavy atom. The number of amides is 1. The van der Waals surface area contributed by atoms with Crippen LogP contribution in [-0.4, -0.2) is 30.3 Å². The number of nitrogens with one attached hydrogen (secondary N) is 1. The van der Waals surface area contributed by atoms with Crippen LogP contribution in [-0.2, 0) is 12.8 Å². The molecule has 32 heavy (non-hydrogen) atoms. The molecule has 0 saturated carbocycles. The number of fused-ring (bicyclic) bond motifs is 2. The van der Waals surface area contributed by atoms with Crippen LogP contribution in [0.2, 0.25) is 0 Å². The second-order valence-electron chi connectivity index (χ2n) is 7.82. The predicted octanol–water partition coefficient (Wildman–Crippen LogP) is 4.32. The molecular weight excluding hydrogens is 400 g/mol. The fraction of sp³-hybridized carbons (Fsp3) is 0.120. The Balaban J connectivity index is 1.40. The van der Waals surface area contributed by atoms with Gasteiger partial charge in [0.25, 0.3) is 5.91 Å². The molecule has 7 heteroatoms. The van der Waals surface area contributed by atoms with Crippen LogP contribution in [0.5, 0.6) is 0 Å². The van der Waals surface area contributed by atoms with Crippen molar-refractivity contribution in [2.45, 2.75) is 19.3 Å². The SMILES string of the molecule is O=C(Nc1c2c(nn1-c1ccccc1)CCC2)c1cnn2c(-c3ccccc3)ccnc12. The summed E-state index contributed by atoms with van der Waals surface area (Å²) in [6, 6.07) is 21.7. The summed E-state index contributed by atoms with van der Waals surface area (Å²) in [6.07, 6.45) is 6.17. The monoisotopic (exact) mass is 420 g/mol. The fourth-order valence-electron chi connectivity index (χ4n) is 4.33. The smallest absolute Gasteiger partial charge is 0.262 e. The molecule has 3 heterocycles. The molecule has 7 nitrogen and oxygen atoms in total. The van der Waals surface area contributed by atoms with E-state index in [9.17, 15) is 4.79 Å². The Hall–Kier alpha value is -4.26. The maximum atomic E-state index is 13.4. The van der Waals surface area contributed by atoms with E-state index in [1.165, 1.54) is 0 Å². The van der Waals surface area contributed by atoms with E-state index in [1.807, 2.05) is 71.4 Å². The zero-order valence-corrected chi connectivity index (χ0v) is 17.3. The van der Waals surface area contributed by atoms with Crippen molar-refractivity contribution in [3.8, 4) is 16.9 Å². The second kappa shape index (κ2) is 7.46. The first-order chi connectivity index (χ1) is 15.8. The average molecular weight is 420 g/mol. The summed E-state index contributed by atoms with van der Waals surface area (Å²) < 4.78 is 3.54. The lowest BCUT2D eigenvalue weighted by molar-refractivity contribution is 0.102. The lowest BCUT2D eigenvalue weighted by Gasteiger charge is -2.11. The van der Waals surface area contributed by atoms with E-state index in [4.69, 9.17) is 5.10 Å². The standard InChI is InChI=1S/C25H20N6O/c32-25(20-16-27-31-22(14-15-26-23(20)31)17-8-3-1-4-9-17)28-24-19-12-7-13-21(19)29-30(24)18-10-5-2-6-11-18/h1-6,8-11,14-16H,7,12-13H2,(H,28,32). The first-order valence-electron chi connectivity index (χ1n) is 10.7. The van der Waals surface area contributed by atoms with Crippen LogP contribution >= 0.6 is 0 Å². The van der Waals surface area contributed by atoms with Gasteiger partial charge >= 0.3 is 0 Å². The fourth-order valence-corrected chi connectivity index (χ4v) is 4.33. The number of aryl methyl sites for hydroxylation is 1. The number of benzene rings is 2. The number of rotatable bonds is 4. The lowest BCUT2D eigenvalue weighted by Crippen LogP contribution is -2.16. The van der Waals surface area contributed by atoms with Gasteiger partial charge in [0.1, 0.15) is 11.4 Å². The normalized spacial score (nSPS) is 12.8. The van der Waals surface area contributed by atoms with E-state index < -0.39 is 0 Å². The topological polar surface area (TPSA) is 77.1 Å². The molecule has 0 saturated heterocycles. The molecule has 0 aliphatic heterocycles. The van der Waals surface area contributed by atoms with E-state index in [1.54, 1.807) is 16.9 Å². The minimum Gasteiger partial charge on any atom is -0.306 e. The molecule has 1 N–H and O–H groups in total. The Morgan fingerprint density at radius 1 is 0.938 bits per heavy atom. The Bertz CT molecular complexity index is 1440. The Labute approximate surface area is 184 Å². The van der Waals surface area contributed by atoms with Gasteiger partial charge in [0.15, 0.2) is 5.65 Å². The predicted molar refractivity (Wildman–Crippen MR) is 122 cm³/mol. The van der Waals surface area contributed by atoms with Crippen LogP contribution in [0.1, 0.15) is 28.0 Å². The summed E-state index contributed by atoms with van der Waals surface area (Å²) in [5.74, 6) is 0.483. The van der Waals surface area contributed by atoms with Gasteiger partial charge in [0, 0.05) is 17.3 Å². The van der Waals surface area contributed by atoms with Gasteiger partial charge < -0.3 is 5.32 Å². The Kier molecular flexibility index (Phi) is 4.31. The van der Waals surface area contributed by atoms with Gasteiger partial charge in [-0.15, -0.1) is 0 Å². The molecule has 3 aromatic heterocycles.